The number of nitrogens with two attached hydrogens (primary N) is 1. The van der Waals surface area contributed by atoms with Gasteiger partial charge in [-0.1, -0.05) is 5.16 Å². The minimum Gasteiger partial charge on any atom is -0.466 e. The summed E-state index contributed by atoms with van der Waals surface area (Å²) in [6, 6.07) is 0. The maximum Gasteiger partial charge on any atom is 0.257 e. The van der Waals surface area contributed by atoms with Crippen molar-refractivity contribution in [2.75, 3.05) is 13.1 Å². The summed E-state index contributed by atoms with van der Waals surface area (Å²) >= 11 is 0. The highest BCUT2D eigenvalue weighted by molar-refractivity contribution is 5.97. The molecule has 20 heavy (non-hydrogen) atoms. The number of hydrogen-bond acceptors (Lipinski definition) is 4. The van der Waals surface area contributed by atoms with Crippen molar-refractivity contribution in [1.82, 2.24) is 4.90 Å². The van der Waals surface area contributed by atoms with Crippen molar-refractivity contribution in [2.24, 2.45) is 16.8 Å². The van der Waals surface area contributed by atoms with Gasteiger partial charge in [-0.05, 0) is 33.6 Å². The first-order valence-electron chi connectivity index (χ1n) is 6.79. The summed E-state index contributed by atoms with van der Waals surface area (Å²) in [5.74, 6) is 1.77. The van der Waals surface area contributed by atoms with Crippen LogP contribution in [0.2, 0.25) is 0 Å². The Morgan fingerprint density at radius 2 is 1.90 bits per heavy atom. The molecule has 6 heteroatoms. The molecule has 1 aliphatic rings. The first kappa shape index (κ1) is 14.4. The molecule has 1 saturated heterocycles. The highest BCUT2D eigenvalue weighted by Crippen LogP contribution is 2.25. The average molecular weight is 279 g/mol. The number of amides is 1. The third-order valence-electron chi connectivity index (χ3n) is 4.09. The molecule has 0 unspecified atom stereocenters. The van der Waals surface area contributed by atoms with Gasteiger partial charge < -0.3 is 20.3 Å². The molecule has 0 saturated carbocycles. The first-order valence-corrected chi connectivity index (χ1v) is 6.79. The van der Waals surface area contributed by atoms with Crippen LogP contribution in [-0.4, -0.2) is 34.9 Å². The van der Waals surface area contributed by atoms with Crippen molar-refractivity contribution >= 4 is 11.7 Å². The molecule has 2 heterocycles. The van der Waals surface area contributed by atoms with Crippen molar-refractivity contribution in [3.05, 3.63) is 22.6 Å². The van der Waals surface area contributed by atoms with Crippen molar-refractivity contribution in [3.8, 4) is 0 Å². The molecule has 0 bridgehead atoms. The van der Waals surface area contributed by atoms with Crippen LogP contribution in [0.25, 0.3) is 0 Å². The SMILES string of the molecule is Cc1oc(C)c(C(=O)N2CCC(C(N)=NO)CC2)c1C. The zero-order chi connectivity index (χ0) is 14.9. The number of hydrogen-bond donors (Lipinski definition) is 2. The molecule has 0 aliphatic carbocycles. The number of rotatable bonds is 2. The summed E-state index contributed by atoms with van der Waals surface area (Å²) in [5.41, 5.74) is 7.19. The summed E-state index contributed by atoms with van der Waals surface area (Å²) in [6.45, 7) is 6.81. The fourth-order valence-electron chi connectivity index (χ4n) is 2.73. The molecule has 1 fully saturated rings. The third kappa shape index (κ3) is 2.50. The van der Waals surface area contributed by atoms with Gasteiger partial charge in [0.1, 0.15) is 17.4 Å². The number of furan rings is 1. The smallest absolute Gasteiger partial charge is 0.257 e. The van der Waals surface area contributed by atoms with Crippen LogP contribution in [0.4, 0.5) is 0 Å². The van der Waals surface area contributed by atoms with Gasteiger partial charge in [0.25, 0.3) is 5.91 Å². The zero-order valence-electron chi connectivity index (χ0n) is 12.1. The lowest BCUT2D eigenvalue weighted by Gasteiger charge is -2.31. The molecular formula is C14H21N3O3. The van der Waals surface area contributed by atoms with Crippen molar-refractivity contribution in [2.45, 2.75) is 33.6 Å². The Hall–Kier alpha value is -1.98. The molecule has 1 aromatic heterocycles. The number of piperidine rings is 1. The molecule has 6 nitrogen and oxygen atoms in total. The van der Waals surface area contributed by atoms with Gasteiger partial charge in [-0.15, -0.1) is 0 Å². The van der Waals surface area contributed by atoms with E-state index in [9.17, 15) is 4.79 Å². The lowest BCUT2D eigenvalue weighted by Crippen LogP contribution is -2.42. The molecular weight excluding hydrogens is 258 g/mol. The number of amidine groups is 1. The summed E-state index contributed by atoms with van der Waals surface area (Å²) in [6.07, 6.45) is 1.44. The number of aryl methyl sites for hydroxylation is 2. The van der Waals surface area contributed by atoms with Gasteiger partial charge in [0.05, 0.1) is 5.56 Å². The quantitative estimate of drug-likeness (QED) is 0.374. The molecule has 0 atom stereocenters. The second kappa shape index (κ2) is 5.56. The molecule has 1 amide bonds. The highest BCUT2D eigenvalue weighted by Gasteiger charge is 2.29. The standard InChI is InChI=1S/C14H21N3O3/c1-8-9(2)20-10(3)12(8)14(18)17-6-4-11(5-7-17)13(15)16-19/h11,19H,4-7H2,1-3H3,(H2,15,16). The Kier molecular flexibility index (Phi) is 4.01. The molecule has 110 valence electrons. The van der Waals surface area contributed by atoms with E-state index in [1.807, 2.05) is 25.7 Å². The van der Waals surface area contributed by atoms with Gasteiger partial charge in [0, 0.05) is 24.6 Å². The Bertz CT molecular complexity index is 540. The molecule has 1 aromatic rings. The molecule has 0 radical (unpaired) electrons. The fourth-order valence-corrected chi connectivity index (χ4v) is 2.73. The molecule has 2 rings (SSSR count). The molecule has 0 aromatic carbocycles. The molecule has 3 N–H and O–H groups in total. The van der Waals surface area contributed by atoms with Crippen LogP contribution in [0, 0.1) is 26.7 Å². The minimum absolute atomic E-state index is 0.00908. The van der Waals surface area contributed by atoms with Crippen LogP contribution in [-0.2, 0) is 0 Å². The zero-order valence-corrected chi connectivity index (χ0v) is 12.1. The van der Waals surface area contributed by atoms with E-state index in [0.717, 1.165) is 24.2 Å². The van der Waals surface area contributed by atoms with E-state index in [2.05, 4.69) is 5.16 Å². The highest BCUT2D eigenvalue weighted by atomic mass is 16.4. The van der Waals surface area contributed by atoms with Gasteiger partial charge in [-0.3, -0.25) is 4.79 Å². The van der Waals surface area contributed by atoms with Crippen molar-refractivity contribution < 1.29 is 14.4 Å². The Labute approximate surface area is 118 Å². The van der Waals surface area contributed by atoms with Crippen LogP contribution < -0.4 is 5.73 Å². The van der Waals surface area contributed by atoms with Gasteiger partial charge >= 0.3 is 0 Å². The van der Waals surface area contributed by atoms with Crippen LogP contribution >= 0.6 is 0 Å². The largest absolute Gasteiger partial charge is 0.466 e. The van der Waals surface area contributed by atoms with Crippen LogP contribution in [0.3, 0.4) is 0 Å². The van der Waals surface area contributed by atoms with Gasteiger partial charge in [-0.2, -0.15) is 0 Å². The predicted molar refractivity (Wildman–Crippen MR) is 75.0 cm³/mol. The van der Waals surface area contributed by atoms with E-state index in [-0.39, 0.29) is 17.7 Å². The lowest BCUT2D eigenvalue weighted by molar-refractivity contribution is 0.0706. The van der Waals surface area contributed by atoms with Crippen molar-refractivity contribution in [3.63, 3.8) is 0 Å². The fraction of sp³-hybridized carbons (Fsp3) is 0.571. The van der Waals surface area contributed by atoms with Gasteiger partial charge in [0.15, 0.2) is 0 Å². The second-order valence-corrected chi connectivity index (χ2v) is 5.31. The minimum atomic E-state index is 0.00908. The maximum atomic E-state index is 12.6. The van der Waals surface area contributed by atoms with Crippen LogP contribution in [0.15, 0.2) is 9.57 Å². The van der Waals surface area contributed by atoms with Crippen LogP contribution in [0.1, 0.15) is 40.3 Å². The first-order chi connectivity index (χ1) is 9.45. The Balaban J connectivity index is 2.09. The molecule has 1 aliphatic heterocycles. The van der Waals surface area contributed by atoms with E-state index >= 15 is 0 Å². The van der Waals surface area contributed by atoms with Crippen LogP contribution in [0.5, 0.6) is 0 Å². The second-order valence-electron chi connectivity index (χ2n) is 5.31. The molecule has 0 spiro atoms. The number of likely N-dealkylation sites (tertiary alicyclic amines) is 1. The van der Waals surface area contributed by atoms with E-state index in [0.29, 0.717) is 24.4 Å². The summed E-state index contributed by atoms with van der Waals surface area (Å²) in [7, 11) is 0. The summed E-state index contributed by atoms with van der Waals surface area (Å²) < 4.78 is 5.51. The lowest BCUT2D eigenvalue weighted by atomic mass is 9.95. The van der Waals surface area contributed by atoms with Gasteiger partial charge in [0.2, 0.25) is 0 Å². The van der Waals surface area contributed by atoms with E-state index < -0.39 is 0 Å². The summed E-state index contributed by atoms with van der Waals surface area (Å²) in [5, 5.41) is 11.7. The maximum absolute atomic E-state index is 12.6. The van der Waals surface area contributed by atoms with Gasteiger partial charge in [-0.25, -0.2) is 0 Å². The van der Waals surface area contributed by atoms with E-state index in [4.69, 9.17) is 15.4 Å². The van der Waals surface area contributed by atoms with E-state index in [1.54, 1.807) is 0 Å². The normalized spacial score (nSPS) is 17.6. The monoisotopic (exact) mass is 279 g/mol. The number of nitrogens with zero attached hydrogens (tertiary/aromatic N) is 2. The topological polar surface area (TPSA) is 92.1 Å². The number of oxime groups is 1. The average Bonchev–Trinajstić information content (AvgIpc) is 2.71. The number of carbonyl (C=O) groups is 1. The Morgan fingerprint density at radius 1 is 1.30 bits per heavy atom. The summed E-state index contributed by atoms with van der Waals surface area (Å²) in [4.78, 5) is 14.4. The van der Waals surface area contributed by atoms with Crippen molar-refractivity contribution in [1.29, 1.82) is 0 Å². The van der Waals surface area contributed by atoms with E-state index in [1.165, 1.54) is 0 Å². The third-order valence-corrected chi connectivity index (χ3v) is 4.09. The number of carbonyl (C=O) groups excluding carboxylic acids is 1. The predicted octanol–water partition coefficient (Wildman–Crippen LogP) is 1.80. The Morgan fingerprint density at radius 3 is 2.35 bits per heavy atom.